The third-order valence-corrected chi connectivity index (χ3v) is 2.14. The van der Waals surface area contributed by atoms with Crippen LogP contribution in [0.5, 0.6) is 0 Å². The van der Waals surface area contributed by atoms with Gasteiger partial charge in [-0.1, -0.05) is 12.1 Å². The fourth-order valence-electron chi connectivity index (χ4n) is 1.42. The first-order chi connectivity index (χ1) is 7.58. The van der Waals surface area contributed by atoms with Gasteiger partial charge in [0.25, 0.3) is 5.91 Å². The quantitative estimate of drug-likeness (QED) is 0.821. The number of rotatable bonds is 2. The van der Waals surface area contributed by atoms with Crippen LogP contribution in [-0.4, -0.2) is 15.7 Å². The third-order valence-electron chi connectivity index (χ3n) is 2.14. The van der Waals surface area contributed by atoms with Gasteiger partial charge >= 0.3 is 0 Å². The Hall–Kier alpha value is -2.17. The zero-order valence-electron chi connectivity index (χ0n) is 8.57. The summed E-state index contributed by atoms with van der Waals surface area (Å²) in [6.45, 7) is 0. The number of aryl methyl sites for hydroxylation is 1. The predicted molar refractivity (Wildman–Crippen MR) is 56.0 cm³/mol. The van der Waals surface area contributed by atoms with Crippen molar-refractivity contribution in [2.45, 2.75) is 0 Å². The monoisotopic (exact) mass is 218 g/mol. The van der Waals surface area contributed by atoms with Gasteiger partial charge in [-0.2, -0.15) is 5.10 Å². The number of amides is 1. The van der Waals surface area contributed by atoms with E-state index in [0.717, 1.165) is 0 Å². The van der Waals surface area contributed by atoms with Crippen LogP contribution in [0, 0.1) is 11.9 Å². The maximum absolute atomic E-state index is 13.0. The zero-order chi connectivity index (χ0) is 11.7. The molecule has 0 atom stereocenters. The maximum Gasteiger partial charge on any atom is 0.269 e. The summed E-state index contributed by atoms with van der Waals surface area (Å²) in [7, 11) is 1.64. The fraction of sp³-hybridized carbons (Fsp3) is 0.0909. The molecule has 81 valence electrons. The van der Waals surface area contributed by atoms with E-state index in [2.05, 4.69) is 11.2 Å². The Morgan fingerprint density at radius 1 is 1.56 bits per heavy atom. The van der Waals surface area contributed by atoms with Crippen molar-refractivity contribution >= 4 is 5.91 Å². The second-order valence-corrected chi connectivity index (χ2v) is 3.32. The molecule has 0 saturated carbocycles. The highest BCUT2D eigenvalue weighted by atomic mass is 19.1. The number of nitrogens with two attached hydrogens (primary N) is 1. The summed E-state index contributed by atoms with van der Waals surface area (Å²) in [6.07, 6.45) is 0. The first-order valence-corrected chi connectivity index (χ1v) is 4.60. The highest BCUT2D eigenvalue weighted by Crippen LogP contribution is 2.19. The van der Waals surface area contributed by atoms with E-state index in [1.54, 1.807) is 19.2 Å². The van der Waals surface area contributed by atoms with Crippen LogP contribution in [0.15, 0.2) is 24.3 Å². The lowest BCUT2D eigenvalue weighted by Gasteiger charge is -2.00. The van der Waals surface area contributed by atoms with Crippen LogP contribution in [0.1, 0.15) is 10.5 Å². The molecule has 2 aromatic rings. The van der Waals surface area contributed by atoms with Gasteiger partial charge in [0, 0.05) is 18.7 Å². The lowest BCUT2D eigenvalue weighted by atomic mass is 10.1. The van der Waals surface area contributed by atoms with Crippen molar-refractivity contribution in [2.75, 3.05) is 0 Å². The average Bonchev–Trinajstić information content (AvgIpc) is 2.60. The van der Waals surface area contributed by atoms with Crippen molar-refractivity contribution in [3.05, 3.63) is 41.8 Å². The van der Waals surface area contributed by atoms with E-state index in [1.807, 2.05) is 0 Å². The topological polar surface area (TPSA) is 60.9 Å². The largest absolute Gasteiger partial charge is 0.364 e. The Labute approximate surface area is 91.5 Å². The summed E-state index contributed by atoms with van der Waals surface area (Å²) in [5.41, 5.74) is 6.25. The molecule has 1 amide bonds. The SMILES string of the molecule is Cn1nc(C(N)=O)[c]c1-c1cccc(F)c1. The van der Waals surface area contributed by atoms with Crippen LogP contribution in [-0.2, 0) is 7.05 Å². The molecule has 5 heteroatoms. The van der Waals surface area contributed by atoms with Crippen LogP contribution in [0.4, 0.5) is 4.39 Å². The Morgan fingerprint density at radius 2 is 2.31 bits per heavy atom. The Balaban J connectivity index is 2.52. The molecular formula is C11H9FN3O. The molecule has 16 heavy (non-hydrogen) atoms. The van der Waals surface area contributed by atoms with E-state index in [0.29, 0.717) is 11.3 Å². The van der Waals surface area contributed by atoms with Crippen molar-refractivity contribution in [3.63, 3.8) is 0 Å². The first kappa shape index (κ1) is 10.4. The number of hydrogen-bond donors (Lipinski definition) is 1. The van der Waals surface area contributed by atoms with E-state index in [-0.39, 0.29) is 11.5 Å². The summed E-state index contributed by atoms with van der Waals surface area (Å²) < 4.78 is 14.5. The maximum atomic E-state index is 13.0. The molecule has 1 radical (unpaired) electrons. The van der Waals surface area contributed by atoms with Crippen molar-refractivity contribution < 1.29 is 9.18 Å². The number of nitrogens with zero attached hydrogens (tertiary/aromatic N) is 2. The normalized spacial score (nSPS) is 10.4. The number of hydrogen-bond acceptors (Lipinski definition) is 2. The van der Waals surface area contributed by atoms with Crippen LogP contribution >= 0.6 is 0 Å². The van der Waals surface area contributed by atoms with Crippen LogP contribution in [0.3, 0.4) is 0 Å². The lowest BCUT2D eigenvalue weighted by Crippen LogP contribution is -2.12. The second-order valence-electron chi connectivity index (χ2n) is 3.32. The van der Waals surface area contributed by atoms with E-state index in [1.165, 1.54) is 16.8 Å². The lowest BCUT2D eigenvalue weighted by molar-refractivity contribution is 0.0994. The van der Waals surface area contributed by atoms with E-state index >= 15 is 0 Å². The van der Waals surface area contributed by atoms with Crippen LogP contribution in [0.2, 0.25) is 0 Å². The predicted octanol–water partition coefficient (Wildman–Crippen LogP) is 1.13. The summed E-state index contributed by atoms with van der Waals surface area (Å²) >= 11 is 0. The van der Waals surface area contributed by atoms with Gasteiger partial charge in [-0.15, -0.1) is 0 Å². The number of halogens is 1. The molecule has 0 spiro atoms. The third kappa shape index (κ3) is 1.79. The summed E-state index contributed by atoms with van der Waals surface area (Å²) in [6, 6.07) is 8.71. The molecule has 0 aliphatic rings. The van der Waals surface area contributed by atoms with Crippen molar-refractivity contribution in [1.82, 2.24) is 9.78 Å². The summed E-state index contributed by atoms with van der Waals surface area (Å²) in [5, 5.41) is 3.88. The molecular weight excluding hydrogens is 209 g/mol. The molecule has 0 unspecified atom stereocenters. The van der Waals surface area contributed by atoms with E-state index < -0.39 is 5.91 Å². The average molecular weight is 218 g/mol. The van der Waals surface area contributed by atoms with Gasteiger partial charge in [-0.25, -0.2) is 4.39 Å². The second kappa shape index (κ2) is 3.77. The zero-order valence-corrected chi connectivity index (χ0v) is 8.57. The Bertz CT molecular complexity index is 548. The molecule has 4 nitrogen and oxygen atoms in total. The minimum Gasteiger partial charge on any atom is -0.364 e. The van der Waals surface area contributed by atoms with E-state index in [9.17, 15) is 9.18 Å². The fourth-order valence-corrected chi connectivity index (χ4v) is 1.42. The van der Waals surface area contributed by atoms with Crippen LogP contribution < -0.4 is 5.73 Å². The number of primary amides is 1. The molecule has 0 saturated heterocycles. The minimum atomic E-state index is -0.654. The number of carbonyl (C=O) groups excluding carboxylic acids is 1. The summed E-state index contributed by atoms with van der Waals surface area (Å²) in [4.78, 5) is 10.9. The van der Waals surface area contributed by atoms with Crippen molar-refractivity contribution in [1.29, 1.82) is 0 Å². The van der Waals surface area contributed by atoms with Gasteiger partial charge in [-0.05, 0) is 12.1 Å². The van der Waals surface area contributed by atoms with Gasteiger partial charge in [0.2, 0.25) is 0 Å². The highest BCUT2D eigenvalue weighted by Gasteiger charge is 2.11. The molecule has 1 heterocycles. The molecule has 0 bridgehead atoms. The Kier molecular flexibility index (Phi) is 2.44. The number of aromatic nitrogens is 2. The standard InChI is InChI=1S/C11H9FN3O/c1-15-10(6-9(14-15)11(13)16)7-3-2-4-8(12)5-7/h2-5H,1H3,(H2,13,16). The molecule has 2 rings (SSSR count). The van der Waals surface area contributed by atoms with Crippen molar-refractivity contribution in [3.8, 4) is 11.3 Å². The van der Waals surface area contributed by atoms with Gasteiger partial charge < -0.3 is 5.73 Å². The molecule has 0 aliphatic heterocycles. The van der Waals surface area contributed by atoms with Gasteiger partial charge in [0.05, 0.1) is 5.69 Å². The smallest absolute Gasteiger partial charge is 0.269 e. The number of carbonyl (C=O) groups is 1. The van der Waals surface area contributed by atoms with Gasteiger partial charge in [-0.3, -0.25) is 9.48 Å². The molecule has 2 N–H and O–H groups in total. The molecule has 0 fully saturated rings. The first-order valence-electron chi connectivity index (χ1n) is 4.60. The molecule has 1 aromatic carbocycles. The van der Waals surface area contributed by atoms with Gasteiger partial charge in [0.1, 0.15) is 5.82 Å². The van der Waals surface area contributed by atoms with E-state index in [4.69, 9.17) is 5.73 Å². The van der Waals surface area contributed by atoms with Crippen LogP contribution in [0.25, 0.3) is 11.3 Å². The summed E-state index contributed by atoms with van der Waals surface area (Å²) in [5.74, 6) is -1.01. The molecule has 1 aromatic heterocycles. The highest BCUT2D eigenvalue weighted by molar-refractivity contribution is 5.91. The Morgan fingerprint density at radius 3 is 2.88 bits per heavy atom. The number of benzene rings is 1. The minimum absolute atomic E-state index is 0.0433. The van der Waals surface area contributed by atoms with Gasteiger partial charge in [0.15, 0.2) is 5.69 Å². The van der Waals surface area contributed by atoms with Crippen molar-refractivity contribution in [2.24, 2.45) is 12.8 Å². The molecule has 0 aliphatic carbocycles.